The Morgan fingerprint density at radius 1 is 1.35 bits per heavy atom. The molecule has 112 valence electrons. The van der Waals surface area contributed by atoms with Gasteiger partial charge in [-0.15, -0.1) is 0 Å². The third kappa shape index (κ3) is 3.33. The third-order valence-corrected chi connectivity index (χ3v) is 4.43. The molecule has 0 aromatic heterocycles. The zero-order valence-electron chi connectivity index (χ0n) is 12.9. The lowest BCUT2D eigenvalue weighted by molar-refractivity contribution is -0.00882. The molecule has 0 spiro atoms. The molecule has 0 heterocycles. The molecule has 0 radical (unpaired) electrons. The summed E-state index contributed by atoms with van der Waals surface area (Å²) < 4.78 is 5.24. The van der Waals surface area contributed by atoms with Crippen LogP contribution in [0.3, 0.4) is 0 Å². The first kappa shape index (κ1) is 15.3. The molecule has 3 heteroatoms. The van der Waals surface area contributed by atoms with E-state index in [0.29, 0.717) is 6.04 Å². The van der Waals surface area contributed by atoms with Gasteiger partial charge in [0.25, 0.3) is 0 Å². The van der Waals surface area contributed by atoms with Gasteiger partial charge in [-0.3, -0.25) is 0 Å². The Balaban J connectivity index is 2.05. The Morgan fingerprint density at radius 3 is 2.60 bits per heavy atom. The minimum atomic E-state index is -0.666. The highest BCUT2D eigenvalue weighted by atomic mass is 16.5. The van der Waals surface area contributed by atoms with E-state index in [2.05, 4.69) is 19.2 Å². The zero-order valence-corrected chi connectivity index (χ0v) is 12.9. The molecule has 0 unspecified atom stereocenters. The third-order valence-electron chi connectivity index (χ3n) is 4.43. The average molecular weight is 277 g/mol. The number of hydrogen-bond acceptors (Lipinski definition) is 3. The quantitative estimate of drug-likeness (QED) is 0.869. The van der Waals surface area contributed by atoms with E-state index in [1.165, 1.54) is 6.42 Å². The summed E-state index contributed by atoms with van der Waals surface area (Å²) in [6.07, 6.45) is 4.92. The number of nitrogens with one attached hydrogen (secondary N) is 1. The molecule has 1 fully saturated rings. The van der Waals surface area contributed by atoms with E-state index in [4.69, 9.17) is 4.74 Å². The standard InChI is InChI=1S/C17H27NO2/c1-4-11-18-14-7-9-17(19,10-8-14)16-6-5-15(20-3)12-13(16)2/h5-6,12,14,18-19H,4,7-11H2,1-3H3. The summed E-state index contributed by atoms with van der Waals surface area (Å²) in [6.45, 7) is 5.31. The lowest BCUT2D eigenvalue weighted by atomic mass is 9.76. The molecule has 1 aliphatic carbocycles. The highest BCUT2D eigenvalue weighted by Gasteiger charge is 2.35. The molecule has 0 saturated heterocycles. The average Bonchev–Trinajstić information content (AvgIpc) is 2.46. The summed E-state index contributed by atoms with van der Waals surface area (Å²) in [5, 5.41) is 14.5. The fraction of sp³-hybridized carbons (Fsp3) is 0.647. The van der Waals surface area contributed by atoms with Crippen LogP contribution in [-0.4, -0.2) is 24.8 Å². The molecule has 1 aromatic rings. The topological polar surface area (TPSA) is 41.5 Å². The van der Waals surface area contributed by atoms with Crippen LogP contribution >= 0.6 is 0 Å². The van der Waals surface area contributed by atoms with Gasteiger partial charge in [-0.05, 0) is 68.8 Å². The van der Waals surface area contributed by atoms with Crippen LogP contribution in [0.2, 0.25) is 0 Å². The molecule has 1 aromatic carbocycles. The zero-order chi connectivity index (χ0) is 14.6. The first-order valence-electron chi connectivity index (χ1n) is 7.70. The summed E-state index contributed by atoms with van der Waals surface area (Å²) in [7, 11) is 1.67. The molecule has 20 heavy (non-hydrogen) atoms. The molecule has 2 N–H and O–H groups in total. The normalized spacial score (nSPS) is 26.5. The van der Waals surface area contributed by atoms with Gasteiger partial charge in [0, 0.05) is 6.04 Å². The largest absolute Gasteiger partial charge is 0.497 e. The number of aliphatic hydroxyl groups is 1. The second kappa shape index (κ2) is 6.59. The molecular weight excluding hydrogens is 250 g/mol. The van der Waals surface area contributed by atoms with Gasteiger partial charge in [-0.2, -0.15) is 0 Å². The van der Waals surface area contributed by atoms with Crippen molar-refractivity contribution < 1.29 is 9.84 Å². The maximum Gasteiger partial charge on any atom is 0.119 e. The summed E-state index contributed by atoms with van der Waals surface area (Å²) in [4.78, 5) is 0. The molecule has 2 rings (SSSR count). The van der Waals surface area contributed by atoms with Gasteiger partial charge in [0.2, 0.25) is 0 Å². The summed E-state index contributed by atoms with van der Waals surface area (Å²) in [5.74, 6) is 0.855. The van der Waals surface area contributed by atoms with Gasteiger partial charge in [0.05, 0.1) is 12.7 Å². The minimum absolute atomic E-state index is 0.564. The van der Waals surface area contributed by atoms with Gasteiger partial charge in [-0.1, -0.05) is 13.0 Å². The molecule has 0 atom stereocenters. The van der Waals surface area contributed by atoms with Gasteiger partial charge < -0.3 is 15.2 Å². The molecular formula is C17H27NO2. The number of hydrogen-bond donors (Lipinski definition) is 2. The van der Waals surface area contributed by atoms with Crippen molar-refractivity contribution in [2.24, 2.45) is 0 Å². The van der Waals surface area contributed by atoms with E-state index >= 15 is 0 Å². The van der Waals surface area contributed by atoms with E-state index in [1.54, 1.807) is 7.11 Å². The number of aryl methyl sites for hydroxylation is 1. The highest BCUT2D eigenvalue weighted by Crippen LogP contribution is 2.39. The Labute approximate surface area is 122 Å². The fourth-order valence-corrected chi connectivity index (χ4v) is 3.20. The van der Waals surface area contributed by atoms with E-state index < -0.39 is 5.60 Å². The predicted octanol–water partition coefficient (Wildman–Crippen LogP) is 3.13. The summed E-state index contributed by atoms with van der Waals surface area (Å²) in [5.41, 5.74) is 1.51. The lowest BCUT2D eigenvalue weighted by Gasteiger charge is -2.37. The number of benzene rings is 1. The molecule has 0 bridgehead atoms. The van der Waals surface area contributed by atoms with Gasteiger partial charge >= 0.3 is 0 Å². The SMILES string of the molecule is CCCNC1CCC(O)(c2ccc(OC)cc2C)CC1. The van der Waals surface area contributed by atoms with Crippen LogP contribution in [0, 0.1) is 6.92 Å². The molecule has 0 amide bonds. The van der Waals surface area contributed by atoms with Gasteiger partial charge in [-0.25, -0.2) is 0 Å². The highest BCUT2D eigenvalue weighted by molar-refractivity contribution is 5.38. The van der Waals surface area contributed by atoms with Crippen LogP contribution in [0.5, 0.6) is 5.75 Å². The van der Waals surface area contributed by atoms with Crippen molar-refractivity contribution in [1.82, 2.24) is 5.32 Å². The maximum absolute atomic E-state index is 11.0. The van der Waals surface area contributed by atoms with Crippen molar-refractivity contribution in [3.05, 3.63) is 29.3 Å². The number of ether oxygens (including phenoxy) is 1. The van der Waals surface area contributed by atoms with Crippen LogP contribution in [0.25, 0.3) is 0 Å². The van der Waals surface area contributed by atoms with Gasteiger partial charge in [0.1, 0.15) is 5.75 Å². The van der Waals surface area contributed by atoms with Crippen molar-refractivity contribution in [1.29, 1.82) is 0 Å². The Morgan fingerprint density at radius 2 is 2.05 bits per heavy atom. The minimum Gasteiger partial charge on any atom is -0.497 e. The van der Waals surface area contributed by atoms with Crippen molar-refractivity contribution in [2.45, 2.75) is 57.6 Å². The summed E-state index contributed by atoms with van der Waals surface area (Å²) in [6, 6.07) is 6.54. The summed E-state index contributed by atoms with van der Waals surface area (Å²) >= 11 is 0. The monoisotopic (exact) mass is 277 g/mol. The van der Waals surface area contributed by atoms with E-state index in [1.807, 2.05) is 18.2 Å². The van der Waals surface area contributed by atoms with Crippen LogP contribution in [0.15, 0.2) is 18.2 Å². The molecule has 1 saturated carbocycles. The van der Waals surface area contributed by atoms with Crippen molar-refractivity contribution >= 4 is 0 Å². The van der Waals surface area contributed by atoms with Crippen molar-refractivity contribution in [3.63, 3.8) is 0 Å². The first-order valence-corrected chi connectivity index (χ1v) is 7.70. The van der Waals surface area contributed by atoms with Crippen LogP contribution in [0.1, 0.15) is 50.2 Å². The first-order chi connectivity index (χ1) is 9.59. The van der Waals surface area contributed by atoms with Crippen molar-refractivity contribution in [3.8, 4) is 5.75 Å². The molecule has 3 nitrogen and oxygen atoms in total. The Kier molecular flexibility index (Phi) is 5.06. The van der Waals surface area contributed by atoms with E-state index in [0.717, 1.165) is 49.1 Å². The van der Waals surface area contributed by atoms with E-state index in [-0.39, 0.29) is 0 Å². The van der Waals surface area contributed by atoms with Gasteiger partial charge in [0.15, 0.2) is 0 Å². The fourth-order valence-electron chi connectivity index (χ4n) is 3.20. The maximum atomic E-state index is 11.0. The molecule has 0 aliphatic heterocycles. The van der Waals surface area contributed by atoms with Crippen LogP contribution < -0.4 is 10.1 Å². The second-order valence-electron chi connectivity index (χ2n) is 5.94. The Bertz CT molecular complexity index is 437. The van der Waals surface area contributed by atoms with Crippen LogP contribution in [0.4, 0.5) is 0 Å². The van der Waals surface area contributed by atoms with Crippen LogP contribution in [-0.2, 0) is 5.60 Å². The predicted molar refractivity (Wildman–Crippen MR) is 82.2 cm³/mol. The van der Waals surface area contributed by atoms with Crippen molar-refractivity contribution in [2.75, 3.05) is 13.7 Å². The lowest BCUT2D eigenvalue weighted by Crippen LogP contribution is -2.40. The van der Waals surface area contributed by atoms with E-state index in [9.17, 15) is 5.11 Å². The number of rotatable bonds is 5. The smallest absolute Gasteiger partial charge is 0.119 e. The second-order valence-corrected chi connectivity index (χ2v) is 5.94. The Hall–Kier alpha value is -1.06. The molecule has 1 aliphatic rings. The number of methoxy groups -OCH3 is 1.